The molecule has 2 aromatic rings. The molecule has 0 aliphatic carbocycles. The first-order valence-corrected chi connectivity index (χ1v) is 11.6. The van der Waals surface area contributed by atoms with Crippen LogP contribution in [0.2, 0.25) is 0 Å². The van der Waals surface area contributed by atoms with Crippen LogP contribution in [0.1, 0.15) is 44.5 Å². The molecule has 27 heavy (non-hydrogen) atoms. The van der Waals surface area contributed by atoms with Crippen LogP contribution >= 0.6 is 11.8 Å². The molecule has 0 radical (unpaired) electrons. The van der Waals surface area contributed by atoms with Gasteiger partial charge in [0.15, 0.2) is 9.84 Å². The van der Waals surface area contributed by atoms with E-state index in [0.29, 0.717) is 16.3 Å². The molecule has 0 spiro atoms. The summed E-state index contributed by atoms with van der Waals surface area (Å²) in [7, 11) is -3.60. The van der Waals surface area contributed by atoms with Crippen molar-refractivity contribution in [3.63, 3.8) is 0 Å². The van der Waals surface area contributed by atoms with Crippen LogP contribution in [0.4, 0.5) is 0 Å². The second kappa shape index (κ2) is 5.92. The molecule has 0 saturated carbocycles. The third-order valence-corrected chi connectivity index (χ3v) is 9.72. The lowest BCUT2D eigenvalue weighted by atomic mass is 9.80. The van der Waals surface area contributed by atoms with Crippen molar-refractivity contribution >= 4 is 27.3 Å². The number of rotatable bonds is 3. The van der Waals surface area contributed by atoms with Crippen LogP contribution in [-0.4, -0.2) is 35.2 Å². The van der Waals surface area contributed by atoms with E-state index in [9.17, 15) is 8.42 Å². The summed E-state index contributed by atoms with van der Waals surface area (Å²) < 4.78 is 27.0. The zero-order valence-electron chi connectivity index (χ0n) is 16.2. The third kappa shape index (κ3) is 2.39. The Morgan fingerprint density at radius 2 is 1.78 bits per heavy atom. The topological polar surface area (TPSA) is 59.4 Å². The number of nitrogens with zero attached hydrogens (tertiary/aromatic N) is 2. The summed E-state index contributed by atoms with van der Waals surface area (Å²) in [4.78, 5) is 9.72. The van der Waals surface area contributed by atoms with Crippen LogP contribution in [0.15, 0.2) is 52.5 Å². The molecule has 2 unspecified atom stereocenters. The smallest absolute Gasteiger partial charge is 0.190 e. The Hall–Kier alpha value is -1.66. The minimum absolute atomic E-state index is 0.256. The maximum absolute atomic E-state index is 13.8. The fourth-order valence-electron chi connectivity index (χ4n) is 4.58. The number of hydrogen-bond donors (Lipinski definition) is 0. The Bertz CT molecular complexity index is 1040. The quantitative estimate of drug-likeness (QED) is 0.776. The highest BCUT2D eigenvalue weighted by molar-refractivity contribution is 8.03. The van der Waals surface area contributed by atoms with Crippen molar-refractivity contribution in [3.05, 3.63) is 59.4 Å². The molecule has 6 heteroatoms. The number of aryl methyl sites for hydroxylation is 1. The van der Waals surface area contributed by atoms with E-state index in [1.54, 1.807) is 24.9 Å². The first kappa shape index (κ1) is 18.7. The van der Waals surface area contributed by atoms with E-state index in [1.165, 1.54) is 0 Å². The zero-order chi connectivity index (χ0) is 19.6. The van der Waals surface area contributed by atoms with Gasteiger partial charge in [-0.15, -0.1) is 11.8 Å². The van der Waals surface area contributed by atoms with Gasteiger partial charge in [0.1, 0.15) is 5.25 Å². The van der Waals surface area contributed by atoms with E-state index in [4.69, 9.17) is 4.99 Å². The number of fused-ring (bicyclic) bond motifs is 3. The van der Waals surface area contributed by atoms with Crippen LogP contribution in [0.25, 0.3) is 0 Å². The summed E-state index contributed by atoms with van der Waals surface area (Å²) in [5.74, 6) is 0. The molecule has 4 nitrogen and oxygen atoms in total. The highest BCUT2D eigenvalue weighted by Crippen LogP contribution is 2.63. The van der Waals surface area contributed by atoms with Gasteiger partial charge in [-0.25, -0.2) is 8.42 Å². The second-order valence-electron chi connectivity index (χ2n) is 8.02. The highest BCUT2D eigenvalue weighted by atomic mass is 32.2. The summed E-state index contributed by atoms with van der Waals surface area (Å²) in [5.41, 5.74) is 2.42. The van der Waals surface area contributed by atoms with Crippen molar-refractivity contribution in [3.8, 4) is 0 Å². The number of thioether (sulfide) groups is 1. The number of sulfone groups is 1. The number of aliphatic imine (C=N–C) groups is 1. The molecule has 3 heterocycles. The number of benzene rings is 1. The van der Waals surface area contributed by atoms with Crippen LogP contribution in [0.3, 0.4) is 0 Å². The van der Waals surface area contributed by atoms with E-state index in [2.05, 4.69) is 32.7 Å². The molecule has 2 aliphatic heterocycles. The molecule has 0 amide bonds. The minimum Gasteiger partial charge on any atom is -0.280 e. The monoisotopic (exact) mass is 400 g/mol. The van der Waals surface area contributed by atoms with Gasteiger partial charge in [0.25, 0.3) is 0 Å². The molecule has 2 atom stereocenters. The van der Waals surface area contributed by atoms with Gasteiger partial charge >= 0.3 is 0 Å². The van der Waals surface area contributed by atoms with Crippen LogP contribution in [0.5, 0.6) is 0 Å². The molecule has 0 fully saturated rings. The van der Waals surface area contributed by atoms with Gasteiger partial charge in [-0.1, -0.05) is 44.2 Å². The Morgan fingerprint density at radius 3 is 2.41 bits per heavy atom. The predicted molar refractivity (Wildman–Crippen MR) is 111 cm³/mol. The van der Waals surface area contributed by atoms with Crippen molar-refractivity contribution in [1.82, 2.24) is 4.98 Å². The molecule has 2 aliphatic rings. The van der Waals surface area contributed by atoms with Crippen molar-refractivity contribution in [2.75, 3.05) is 0 Å². The van der Waals surface area contributed by atoms with Crippen LogP contribution < -0.4 is 0 Å². The molecular weight excluding hydrogens is 376 g/mol. The lowest BCUT2D eigenvalue weighted by molar-refractivity contribution is 0.413. The Balaban J connectivity index is 2.09. The SMILES string of the molecule is Cc1nccc2c1S(=O)(=O)C1C(c3ccccc3)=NC(C)(C)C21SC(C)C. The summed E-state index contributed by atoms with van der Waals surface area (Å²) in [6.45, 7) is 10.1. The molecule has 0 N–H and O–H groups in total. The summed E-state index contributed by atoms with van der Waals surface area (Å²) in [5, 5.41) is -0.445. The van der Waals surface area contributed by atoms with E-state index in [1.807, 2.05) is 36.4 Å². The summed E-state index contributed by atoms with van der Waals surface area (Å²) in [6.07, 6.45) is 1.73. The third-order valence-electron chi connectivity index (χ3n) is 5.50. The van der Waals surface area contributed by atoms with Crippen LogP contribution in [-0.2, 0) is 14.6 Å². The maximum atomic E-state index is 13.8. The standard InChI is InChI=1S/C21H24N2O2S2/c1-13(2)26-21-16-11-12-22-14(3)18(16)27(24,25)19(21)17(23-20(21,4)5)15-9-7-6-8-10-15/h6-13,19H,1-5H3. The van der Waals surface area contributed by atoms with E-state index >= 15 is 0 Å². The minimum atomic E-state index is -3.60. The predicted octanol–water partition coefficient (Wildman–Crippen LogP) is 4.16. The molecule has 1 aromatic heterocycles. The lowest BCUT2D eigenvalue weighted by Gasteiger charge is -2.40. The largest absolute Gasteiger partial charge is 0.280 e. The maximum Gasteiger partial charge on any atom is 0.190 e. The number of aromatic nitrogens is 1. The van der Waals surface area contributed by atoms with Gasteiger partial charge in [-0.2, -0.15) is 0 Å². The number of hydrogen-bond acceptors (Lipinski definition) is 5. The van der Waals surface area contributed by atoms with Crippen molar-refractivity contribution in [2.45, 2.75) is 60.3 Å². The normalized spacial score (nSPS) is 27.3. The van der Waals surface area contributed by atoms with Gasteiger partial charge in [-0.05, 0) is 38.0 Å². The van der Waals surface area contributed by atoms with Gasteiger partial charge in [-0.3, -0.25) is 9.98 Å². The van der Waals surface area contributed by atoms with Crippen molar-refractivity contribution in [1.29, 1.82) is 0 Å². The van der Waals surface area contributed by atoms with E-state index in [-0.39, 0.29) is 5.25 Å². The Morgan fingerprint density at radius 1 is 1.11 bits per heavy atom. The molecule has 142 valence electrons. The zero-order valence-corrected chi connectivity index (χ0v) is 17.9. The second-order valence-corrected chi connectivity index (χ2v) is 11.8. The van der Waals surface area contributed by atoms with Crippen molar-refractivity contribution in [2.24, 2.45) is 4.99 Å². The molecule has 0 saturated heterocycles. The first-order chi connectivity index (χ1) is 12.6. The van der Waals surface area contributed by atoms with Gasteiger partial charge in [0, 0.05) is 11.4 Å². The fraction of sp³-hybridized carbons (Fsp3) is 0.429. The van der Waals surface area contributed by atoms with E-state index < -0.39 is 25.4 Å². The van der Waals surface area contributed by atoms with Crippen LogP contribution in [0, 0.1) is 6.92 Å². The van der Waals surface area contributed by atoms with Gasteiger partial charge in [0.05, 0.1) is 26.6 Å². The summed E-state index contributed by atoms with van der Waals surface area (Å²) in [6, 6.07) is 11.6. The lowest BCUT2D eigenvalue weighted by Crippen LogP contribution is -2.48. The molecular formula is C21H24N2O2S2. The average Bonchev–Trinajstić information content (AvgIpc) is 2.95. The van der Waals surface area contributed by atoms with Crippen molar-refractivity contribution < 1.29 is 8.42 Å². The Kier molecular flexibility index (Phi) is 4.10. The molecule has 0 bridgehead atoms. The van der Waals surface area contributed by atoms with E-state index in [0.717, 1.165) is 11.1 Å². The van der Waals surface area contributed by atoms with Gasteiger partial charge in [0.2, 0.25) is 0 Å². The highest BCUT2D eigenvalue weighted by Gasteiger charge is 2.69. The number of pyridine rings is 1. The fourth-order valence-corrected chi connectivity index (χ4v) is 9.37. The average molecular weight is 401 g/mol. The molecule has 4 rings (SSSR count). The first-order valence-electron chi connectivity index (χ1n) is 9.16. The Labute approximate surface area is 165 Å². The molecule has 1 aromatic carbocycles. The van der Waals surface area contributed by atoms with Gasteiger partial charge < -0.3 is 0 Å². The summed E-state index contributed by atoms with van der Waals surface area (Å²) >= 11 is 1.72.